The minimum atomic E-state index is -3.61. The van der Waals surface area contributed by atoms with Gasteiger partial charge in [-0.05, 0) is 43.4 Å². The maximum Gasteiger partial charge on any atom is 0.238 e. The number of sulfone groups is 1. The van der Waals surface area contributed by atoms with Crippen molar-refractivity contribution in [3.63, 3.8) is 0 Å². The van der Waals surface area contributed by atoms with Crippen LogP contribution in [0.1, 0.15) is 44.6 Å². The van der Waals surface area contributed by atoms with Crippen molar-refractivity contribution in [2.24, 2.45) is 0 Å². The number of benzene rings is 1. The first-order valence-corrected chi connectivity index (χ1v) is 11.7. The Kier molecular flexibility index (Phi) is 6.52. The van der Waals surface area contributed by atoms with E-state index in [0.29, 0.717) is 41.8 Å². The number of amides is 1. The van der Waals surface area contributed by atoms with Gasteiger partial charge in [0, 0.05) is 19.0 Å². The molecule has 1 atom stereocenters. The Morgan fingerprint density at radius 3 is 2.78 bits per heavy atom. The van der Waals surface area contributed by atoms with Gasteiger partial charge in [0.2, 0.25) is 5.91 Å². The molecule has 0 saturated carbocycles. The molecule has 0 aliphatic carbocycles. The zero-order valence-electron chi connectivity index (χ0n) is 15.6. The summed E-state index contributed by atoms with van der Waals surface area (Å²) in [6.45, 7) is 3.67. The van der Waals surface area contributed by atoms with Crippen LogP contribution in [0.4, 0.5) is 0 Å². The number of likely N-dealkylation sites (tertiary alicyclic amines) is 1. The number of piperidine rings is 1. The highest BCUT2D eigenvalue weighted by Crippen LogP contribution is 2.38. The average molecular weight is 416 g/mol. The van der Waals surface area contributed by atoms with Gasteiger partial charge >= 0.3 is 0 Å². The molecule has 1 aromatic rings. The lowest BCUT2D eigenvalue weighted by molar-refractivity contribution is -0.132. The number of ether oxygens (including phenoxy) is 2. The molecule has 3 rings (SSSR count). The van der Waals surface area contributed by atoms with E-state index >= 15 is 0 Å². The lowest BCUT2D eigenvalue weighted by Gasteiger charge is -2.35. The number of hydrogen-bond acceptors (Lipinski definition) is 5. The molecule has 1 saturated heterocycles. The summed E-state index contributed by atoms with van der Waals surface area (Å²) >= 11 is 6.24. The summed E-state index contributed by atoms with van der Waals surface area (Å²) in [7, 11) is -3.61. The van der Waals surface area contributed by atoms with Crippen LogP contribution in [0.3, 0.4) is 0 Å². The molecule has 0 spiro atoms. The fraction of sp³-hybridized carbons (Fsp3) is 0.632. The third-order valence-electron chi connectivity index (χ3n) is 5.01. The van der Waals surface area contributed by atoms with Gasteiger partial charge in [0.05, 0.1) is 24.0 Å². The first kappa shape index (κ1) is 20.3. The minimum absolute atomic E-state index is 0.147. The first-order chi connectivity index (χ1) is 12.9. The van der Waals surface area contributed by atoms with Crippen molar-refractivity contribution in [3.05, 3.63) is 22.7 Å². The van der Waals surface area contributed by atoms with Crippen LogP contribution in [0, 0.1) is 0 Å². The molecule has 150 valence electrons. The van der Waals surface area contributed by atoms with E-state index in [1.807, 2.05) is 6.92 Å². The average Bonchev–Trinajstić information content (AvgIpc) is 2.86. The molecule has 8 heteroatoms. The van der Waals surface area contributed by atoms with Crippen LogP contribution in [-0.2, 0) is 20.4 Å². The van der Waals surface area contributed by atoms with Gasteiger partial charge in [-0.15, -0.1) is 0 Å². The number of fused-ring (bicyclic) bond motifs is 1. The Labute approximate surface area is 165 Å². The predicted octanol–water partition coefficient (Wildman–Crippen LogP) is 3.21. The van der Waals surface area contributed by atoms with E-state index in [4.69, 9.17) is 21.1 Å². The second-order valence-electron chi connectivity index (χ2n) is 7.13. The number of carbonyl (C=O) groups is 1. The summed E-state index contributed by atoms with van der Waals surface area (Å²) in [6, 6.07) is 3.37. The highest BCUT2D eigenvalue weighted by Gasteiger charge is 2.29. The molecule has 0 radical (unpaired) electrons. The summed E-state index contributed by atoms with van der Waals surface area (Å²) in [5.41, 5.74) is 0.503. The van der Waals surface area contributed by atoms with Gasteiger partial charge in [0.1, 0.15) is 5.75 Å². The van der Waals surface area contributed by atoms with Crippen molar-refractivity contribution in [3.8, 4) is 11.5 Å². The molecular weight excluding hydrogens is 390 g/mol. The van der Waals surface area contributed by atoms with Gasteiger partial charge < -0.3 is 14.4 Å². The Hall–Kier alpha value is -1.47. The Bertz CT molecular complexity index is 796. The highest BCUT2D eigenvalue weighted by molar-refractivity contribution is 7.91. The predicted molar refractivity (Wildman–Crippen MR) is 104 cm³/mol. The molecule has 2 heterocycles. The Morgan fingerprint density at radius 1 is 1.22 bits per heavy atom. The second kappa shape index (κ2) is 8.69. The number of carbonyl (C=O) groups excluding carboxylic acids is 1. The number of rotatable bonds is 5. The molecule has 0 N–H and O–H groups in total. The lowest BCUT2D eigenvalue weighted by atomic mass is 10.0. The highest BCUT2D eigenvalue weighted by atomic mass is 35.5. The second-order valence-corrected chi connectivity index (χ2v) is 9.60. The van der Waals surface area contributed by atoms with Crippen LogP contribution < -0.4 is 9.47 Å². The quantitative estimate of drug-likeness (QED) is 0.738. The van der Waals surface area contributed by atoms with Crippen molar-refractivity contribution < 1.29 is 22.7 Å². The van der Waals surface area contributed by atoms with Gasteiger partial charge in [-0.2, -0.15) is 0 Å². The summed E-state index contributed by atoms with van der Waals surface area (Å²) in [6.07, 6.45) is 4.55. The summed E-state index contributed by atoms with van der Waals surface area (Å²) in [5, 5.41) is 0.327. The van der Waals surface area contributed by atoms with Crippen LogP contribution in [0.2, 0.25) is 5.02 Å². The normalized spacial score (nSPS) is 20.2. The molecular formula is C19H26ClNO5S. The van der Waals surface area contributed by atoms with Gasteiger partial charge in [0.25, 0.3) is 0 Å². The van der Waals surface area contributed by atoms with Crippen molar-refractivity contribution in [1.29, 1.82) is 0 Å². The molecule has 2 aliphatic heterocycles. The monoisotopic (exact) mass is 415 g/mol. The molecule has 0 aromatic heterocycles. The SMILES string of the molecule is CCC1CCCCN1C(=O)CS(=O)(=O)Cc1cc(Cl)c2c(c1)OCCCO2. The van der Waals surface area contributed by atoms with E-state index in [-0.39, 0.29) is 17.7 Å². The van der Waals surface area contributed by atoms with Crippen molar-refractivity contribution >= 4 is 27.3 Å². The molecule has 2 aliphatic rings. The molecule has 6 nitrogen and oxygen atoms in total. The zero-order valence-corrected chi connectivity index (χ0v) is 17.2. The Morgan fingerprint density at radius 2 is 2.00 bits per heavy atom. The molecule has 27 heavy (non-hydrogen) atoms. The smallest absolute Gasteiger partial charge is 0.238 e. The Balaban J connectivity index is 1.72. The van der Waals surface area contributed by atoms with E-state index in [1.165, 1.54) is 0 Å². The van der Waals surface area contributed by atoms with Crippen LogP contribution in [0.5, 0.6) is 11.5 Å². The van der Waals surface area contributed by atoms with E-state index < -0.39 is 15.6 Å². The van der Waals surface area contributed by atoms with E-state index in [0.717, 1.165) is 32.1 Å². The van der Waals surface area contributed by atoms with Gasteiger partial charge in [-0.25, -0.2) is 8.42 Å². The van der Waals surface area contributed by atoms with Crippen LogP contribution in [-0.4, -0.2) is 50.8 Å². The fourth-order valence-corrected chi connectivity index (χ4v) is 5.30. The number of hydrogen-bond donors (Lipinski definition) is 0. The third-order valence-corrected chi connectivity index (χ3v) is 6.75. The molecule has 1 aromatic carbocycles. The molecule has 0 bridgehead atoms. The van der Waals surface area contributed by atoms with Gasteiger partial charge in [0.15, 0.2) is 21.3 Å². The molecule has 1 fully saturated rings. The van der Waals surface area contributed by atoms with Gasteiger partial charge in [-0.3, -0.25) is 4.79 Å². The van der Waals surface area contributed by atoms with E-state index in [1.54, 1.807) is 17.0 Å². The lowest BCUT2D eigenvalue weighted by Crippen LogP contribution is -2.45. The molecule has 1 unspecified atom stereocenters. The number of halogens is 1. The van der Waals surface area contributed by atoms with E-state index in [2.05, 4.69) is 0 Å². The van der Waals surface area contributed by atoms with Crippen molar-refractivity contribution in [2.75, 3.05) is 25.5 Å². The van der Waals surface area contributed by atoms with Crippen LogP contribution in [0.15, 0.2) is 12.1 Å². The summed E-state index contributed by atoms with van der Waals surface area (Å²) in [5.74, 6) is -0.124. The minimum Gasteiger partial charge on any atom is -0.489 e. The third kappa shape index (κ3) is 5.08. The maximum atomic E-state index is 12.6. The van der Waals surface area contributed by atoms with Crippen molar-refractivity contribution in [1.82, 2.24) is 4.90 Å². The standard InChI is InChI=1S/C19H26ClNO5S/c1-2-15-6-3-4-7-21(15)18(22)13-27(23,24)12-14-10-16(20)19-17(11-14)25-8-5-9-26-19/h10-11,15H,2-9,12-13H2,1H3. The number of nitrogens with zero attached hydrogens (tertiary/aromatic N) is 1. The fourth-order valence-electron chi connectivity index (χ4n) is 3.70. The summed E-state index contributed by atoms with van der Waals surface area (Å²) < 4.78 is 36.4. The summed E-state index contributed by atoms with van der Waals surface area (Å²) in [4.78, 5) is 14.3. The van der Waals surface area contributed by atoms with E-state index in [9.17, 15) is 13.2 Å². The largest absolute Gasteiger partial charge is 0.489 e. The van der Waals surface area contributed by atoms with Crippen LogP contribution >= 0.6 is 11.6 Å². The first-order valence-electron chi connectivity index (χ1n) is 9.47. The van der Waals surface area contributed by atoms with Crippen LogP contribution in [0.25, 0.3) is 0 Å². The zero-order chi connectivity index (χ0) is 19.4. The van der Waals surface area contributed by atoms with Crippen molar-refractivity contribution in [2.45, 2.75) is 50.8 Å². The maximum absolute atomic E-state index is 12.6. The topological polar surface area (TPSA) is 72.9 Å². The van der Waals surface area contributed by atoms with Gasteiger partial charge in [-0.1, -0.05) is 18.5 Å². The molecule has 1 amide bonds.